The molecule has 0 spiro atoms. The van der Waals surface area contributed by atoms with Crippen molar-refractivity contribution < 1.29 is 9.53 Å². The predicted molar refractivity (Wildman–Crippen MR) is 111 cm³/mol. The molecule has 1 aromatic heterocycles. The van der Waals surface area contributed by atoms with E-state index in [9.17, 15) is 9.59 Å². The first kappa shape index (κ1) is 19.6. The number of carbonyl (C=O) groups is 1. The van der Waals surface area contributed by atoms with Gasteiger partial charge in [-0.1, -0.05) is 30.3 Å². The van der Waals surface area contributed by atoms with Gasteiger partial charge in [0.1, 0.15) is 12.4 Å². The van der Waals surface area contributed by atoms with E-state index in [0.717, 1.165) is 51.3 Å². The fourth-order valence-corrected chi connectivity index (χ4v) is 4.07. The van der Waals surface area contributed by atoms with Crippen LogP contribution in [0.15, 0.2) is 47.3 Å². The molecule has 0 bridgehead atoms. The number of carbonyl (C=O) groups excluding carboxylic acids is 1. The van der Waals surface area contributed by atoms with Crippen molar-refractivity contribution in [3.63, 3.8) is 0 Å². The molecule has 0 atom stereocenters. The van der Waals surface area contributed by atoms with Crippen molar-refractivity contribution >= 4 is 11.7 Å². The van der Waals surface area contributed by atoms with Crippen LogP contribution >= 0.6 is 0 Å². The predicted octanol–water partition coefficient (Wildman–Crippen LogP) is 1.56. The fraction of sp³-hybridized carbons (Fsp3) is 0.500. The first-order valence-electron chi connectivity index (χ1n) is 10.4. The minimum absolute atomic E-state index is 0.000362. The van der Waals surface area contributed by atoms with Crippen molar-refractivity contribution in [2.75, 3.05) is 44.3 Å². The molecule has 2 aromatic rings. The number of hydrogen-bond acceptors (Lipinski definition) is 5. The maximum atomic E-state index is 12.8. The number of aromatic nitrogens is 2. The molecule has 0 radical (unpaired) electrons. The number of rotatable bonds is 5. The monoisotopic (exact) mass is 396 g/mol. The molecule has 2 fully saturated rings. The maximum absolute atomic E-state index is 12.8. The molecule has 2 saturated heterocycles. The van der Waals surface area contributed by atoms with Crippen LogP contribution in [-0.4, -0.2) is 60.0 Å². The molecule has 0 aliphatic carbocycles. The summed E-state index contributed by atoms with van der Waals surface area (Å²) in [7, 11) is 0. The molecule has 0 N–H and O–H groups in total. The molecule has 0 unspecified atom stereocenters. The summed E-state index contributed by atoms with van der Waals surface area (Å²) in [6.07, 6.45) is 3.05. The second-order valence-corrected chi connectivity index (χ2v) is 7.80. The van der Waals surface area contributed by atoms with Crippen molar-refractivity contribution in [3.8, 4) is 0 Å². The van der Waals surface area contributed by atoms with Gasteiger partial charge in [0.15, 0.2) is 0 Å². The Bertz CT molecular complexity index is 869. The molecule has 154 valence electrons. The van der Waals surface area contributed by atoms with E-state index in [0.29, 0.717) is 19.1 Å². The zero-order valence-corrected chi connectivity index (χ0v) is 16.7. The summed E-state index contributed by atoms with van der Waals surface area (Å²) in [4.78, 5) is 28.9. The van der Waals surface area contributed by atoms with Crippen molar-refractivity contribution in [1.29, 1.82) is 0 Å². The quantitative estimate of drug-likeness (QED) is 0.767. The molecule has 2 aliphatic heterocycles. The molecule has 1 aromatic carbocycles. The second kappa shape index (κ2) is 9.22. The highest BCUT2D eigenvalue weighted by atomic mass is 16.5. The van der Waals surface area contributed by atoms with Crippen LogP contribution in [0.4, 0.5) is 5.82 Å². The van der Waals surface area contributed by atoms with Gasteiger partial charge in [0.05, 0.1) is 13.2 Å². The van der Waals surface area contributed by atoms with Crippen LogP contribution in [0.2, 0.25) is 0 Å². The third-order valence-electron chi connectivity index (χ3n) is 5.81. The van der Waals surface area contributed by atoms with E-state index in [2.05, 4.69) is 34.3 Å². The van der Waals surface area contributed by atoms with Gasteiger partial charge in [0.2, 0.25) is 5.91 Å². The number of nitrogens with zero attached hydrogens (tertiary/aromatic N) is 4. The molecule has 3 heterocycles. The van der Waals surface area contributed by atoms with Crippen LogP contribution in [0, 0.1) is 5.92 Å². The standard InChI is InChI=1S/C22H28N4O3/c27-21-7-6-20(24-12-14-29-15-13-24)23-26(21)17-22(28)25-10-8-19(9-11-25)16-18-4-2-1-3-5-18/h1-7,19H,8-17H2. The van der Waals surface area contributed by atoms with Gasteiger partial charge in [-0.15, -0.1) is 0 Å². The highest BCUT2D eigenvalue weighted by Gasteiger charge is 2.24. The lowest BCUT2D eigenvalue weighted by molar-refractivity contribution is -0.133. The van der Waals surface area contributed by atoms with Gasteiger partial charge in [-0.2, -0.15) is 5.10 Å². The minimum Gasteiger partial charge on any atom is -0.378 e. The average molecular weight is 396 g/mol. The normalized spacial score (nSPS) is 18.1. The molecule has 7 heteroatoms. The largest absolute Gasteiger partial charge is 0.378 e. The van der Waals surface area contributed by atoms with Crippen molar-refractivity contribution in [3.05, 3.63) is 58.4 Å². The van der Waals surface area contributed by atoms with Crippen LogP contribution in [0.5, 0.6) is 0 Å². The first-order chi connectivity index (χ1) is 14.2. The van der Waals surface area contributed by atoms with Crippen molar-refractivity contribution in [1.82, 2.24) is 14.7 Å². The van der Waals surface area contributed by atoms with Crippen molar-refractivity contribution in [2.24, 2.45) is 5.92 Å². The van der Waals surface area contributed by atoms with E-state index in [4.69, 9.17) is 4.74 Å². The summed E-state index contributed by atoms with van der Waals surface area (Å²) in [5.74, 6) is 1.30. The van der Waals surface area contributed by atoms with E-state index in [1.807, 2.05) is 11.0 Å². The summed E-state index contributed by atoms with van der Waals surface area (Å²) in [6, 6.07) is 13.7. The van der Waals surface area contributed by atoms with E-state index < -0.39 is 0 Å². The number of piperidine rings is 1. The molecular formula is C22H28N4O3. The minimum atomic E-state index is -0.241. The van der Waals surface area contributed by atoms with E-state index in [1.54, 1.807) is 6.07 Å². The molecule has 7 nitrogen and oxygen atoms in total. The lowest BCUT2D eigenvalue weighted by atomic mass is 9.90. The third-order valence-corrected chi connectivity index (χ3v) is 5.81. The molecule has 4 rings (SSSR count). The smallest absolute Gasteiger partial charge is 0.267 e. The van der Waals surface area contributed by atoms with Gasteiger partial charge in [-0.05, 0) is 36.8 Å². The zero-order chi connectivity index (χ0) is 20.1. The lowest BCUT2D eigenvalue weighted by Gasteiger charge is -2.32. The van der Waals surface area contributed by atoms with Crippen molar-refractivity contribution in [2.45, 2.75) is 25.8 Å². The number of likely N-dealkylation sites (tertiary alicyclic amines) is 1. The first-order valence-corrected chi connectivity index (χ1v) is 10.4. The SMILES string of the molecule is O=C(Cn1nc(N2CCOCC2)ccc1=O)N1CCC(Cc2ccccc2)CC1. The van der Waals surface area contributed by atoms with Gasteiger partial charge in [-0.3, -0.25) is 9.59 Å². The Kier molecular flexibility index (Phi) is 6.24. The topological polar surface area (TPSA) is 67.7 Å². The number of ether oxygens (including phenoxy) is 1. The van der Waals surface area contributed by atoms with Gasteiger partial charge in [-0.25, -0.2) is 4.68 Å². The Labute approximate surface area is 170 Å². The van der Waals surface area contributed by atoms with E-state index in [1.165, 1.54) is 16.3 Å². The third kappa shape index (κ3) is 5.03. The van der Waals surface area contributed by atoms with Crippen LogP contribution in [0.3, 0.4) is 0 Å². The highest BCUT2D eigenvalue weighted by molar-refractivity contribution is 5.76. The molecule has 29 heavy (non-hydrogen) atoms. The van der Waals surface area contributed by atoms with Gasteiger partial charge in [0, 0.05) is 32.2 Å². The zero-order valence-electron chi connectivity index (χ0n) is 16.7. The second-order valence-electron chi connectivity index (χ2n) is 7.80. The molecule has 0 saturated carbocycles. The number of anilines is 1. The molecule has 1 amide bonds. The summed E-state index contributed by atoms with van der Waals surface area (Å²) < 4.78 is 6.66. The molecule has 2 aliphatic rings. The Morgan fingerprint density at radius 3 is 2.45 bits per heavy atom. The van der Waals surface area contributed by atoms with E-state index in [-0.39, 0.29) is 18.0 Å². The summed E-state index contributed by atoms with van der Waals surface area (Å²) in [5.41, 5.74) is 1.11. The Morgan fingerprint density at radius 2 is 1.72 bits per heavy atom. The number of morpholine rings is 1. The summed E-state index contributed by atoms with van der Waals surface area (Å²) in [6.45, 7) is 4.28. The van der Waals surface area contributed by atoms with Gasteiger partial charge < -0.3 is 14.5 Å². The van der Waals surface area contributed by atoms with Crippen LogP contribution in [0.1, 0.15) is 18.4 Å². The lowest BCUT2D eigenvalue weighted by Crippen LogP contribution is -2.43. The Hall–Kier alpha value is -2.67. The van der Waals surface area contributed by atoms with Gasteiger partial charge in [0.25, 0.3) is 5.56 Å². The van der Waals surface area contributed by atoms with Crippen LogP contribution in [-0.2, 0) is 22.5 Å². The number of hydrogen-bond donors (Lipinski definition) is 0. The number of benzene rings is 1. The Morgan fingerprint density at radius 1 is 1.00 bits per heavy atom. The van der Waals surface area contributed by atoms with Crippen LogP contribution < -0.4 is 10.5 Å². The summed E-state index contributed by atoms with van der Waals surface area (Å²) in [5, 5.41) is 4.43. The highest BCUT2D eigenvalue weighted by Crippen LogP contribution is 2.22. The number of amides is 1. The summed E-state index contributed by atoms with van der Waals surface area (Å²) >= 11 is 0. The average Bonchev–Trinajstić information content (AvgIpc) is 2.77. The molecular weight excluding hydrogens is 368 g/mol. The van der Waals surface area contributed by atoms with E-state index >= 15 is 0 Å². The van der Waals surface area contributed by atoms with Crippen LogP contribution in [0.25, 0.3) is 0 Å². The Balaban J connectivity index is 1.33. The maximum Gasteiger partial charge on any atom is 0.267 e. The fourth-order valence-electron chi connectivity index (χ4n) is 4.07. The van der Waals surface area contributed by atoms with Gasteiger partial charge >= 0.3 is 0 Å².